The number of nitrogens with one attached hydrogen (secondary N) is 2. The van der Waals surface area contributed by atoms with Gasteiger partial charge in [0.05, 0.1) is 42.6 Å². The number of unbranched alkanes of at least 4 members (excludes halogenated alkanes) is 1. The molecule has 0 bridgehead atoms. The molecule has 4 heterocycles. The average molecular weight is 790 g/mol. The van der Waals surface area contributed by atoms with Crippen molar-refractivity contribution < 1.29 is 28.3 Å². The van der Waals surface area contributed by atoms with Gasteiger partial charge in [-0.05, 0) is 95.2 Å². The van der Waals surface area contributed by atoms with Gasteiger partial charge in [-0.15, -0.1) is 0 Å². The molecule has 2 N–H and O–H groups in total. The minimum atomic E-state index is -0.501. The molecule has 1 fully saturated rings. The number of rotatable bonds is 10. The SMILES string of the molecule is Cc1cnc(NC(=O)Nc2cc(Br)c(C)cc2OC[C@@H]2CN(C(=O)CCCCC(=O)N3c4cc5oc(=O)cc(C)c5cc4CCC3(C)C)CCO2)cn1. The number of hydrogen-bond donors (Lipinski definition) is 2. The van der Waals surface area contributed by atoms with E-state index in [1.807, 2.05) is 43.9 Å². The highest BCUT2D eigenvalue weighted by atomic mass is 79.9. The second kappa shape index (κ2) is 16.0. The Morgan fingerprint density at radius 2 is 1.75 bits per heavy atom. The van der Waals surface area contributed by atoms with E-state index >= 15 is 0 Å². The molecule has 0 spiro atoms. The van der Waals surface area contributed by atoms with Crippen LogP contribution in [0, 0.1) is 20.8 Å². The standard InChI is InChI=1S/C39H45BrN6O7/c1-23-15-37(49)53-32-18-31-26(16-28(23)32)10-11-39(4,5)46(31)36(48)9-7-6-8-35(47)45-12-13-51-27(21-45)22-52-33-14-24(2)29(40)17-30(33)43-38(50)44-34-20-41-25(3)19-42-34/h14-20,27H,6-13,21-22H2,1-5H3,(H2,42,43,44,50)/t27-/m0/s1. The number of carbonyl (C=O) groups is 3. The first-order valence-electron chi connectivity index (χ1n) is 17.9. The highest BCUT2D eigenvalue weighted by Gasteiger charge is 2.37. The summed E-state index contributed by atoms with van der Waals surface area (Å²) in [5.41, 5.74) is 4.46. The number of fused-ring (bicyclic) bond motifs is 2. The van der Waals surface area contributed by atoms with Crippen LogP contribution in [-0.2, 0) is 20.7 Å². The fraction of sp³-hybridized carbons (Fsp3) is 0.436. The monoisotopic (exact) mass is 788 g/mol. The molecule has 2 aromatic carbocycles. The maximum atomic E-state index is 13.7. The van der Waals surface area contributed by atoms with Gasteiger partial charge < -0.3 is 29.0 Å². The number of morpholine rings is 1. The largest absolute Gasteiger partial charge is 0.489 e. The third-order valence-electron chi connectivity index (χ3n) is 9.73. The molecule has 6 rings (SSSR count). The Bertz CT molecular complexity index is 2080. The van der Waals surface area contributed by atoms with E-state index in [1.54, 1.807) is 17.2 Å². The number of aryl methyl sites for hydroxylation is 4. The van der Waals surface area contributed by atoms with E-state index in [9.17, 15) is 19.2 Å². The highest BCUT2D eigenvalue weighted by molar-refractivity contribution is 9.10. The van der Waals surface area contributed by atoms with Crippen molar-refractivity contribution in [2.75, 3.05) is 41.8 Å². The molecule has 4 amide bonds. The molecule has 2 aromatic heterocycles. The van der Waals surface area contributed by atoms with Crippen LogP contribution in [0.4, 0.5) is 22.0 Å². The predicted octanol–water partition coefficient (Wildman–Crippen LogP) is 6.84. The zero-order valence-corrected chi connectivity index (χ0v) is 32.3. The maximum Gasteiger partial charge on any atom is 0.336 e. The lowest BCUT2D eigenvalue weighted by Crippen LogP contribution is -2.51. The first-order valence-corrected chi connectivity index (χ1v) is 18.7. The van der Waals surface area contributed by atoms with Crippen molar-refractivity contribution in [2.45, 2.75) is 84.8 Å². The van der Waals surface area contributed by atoms with Crippen molar-refractivity contribution in [1.82, 2.24) is 14.9 Å². The van der Waals surface area contributed by atoms with Crippen molar-refractivity contribution in [1.29, 1.82) is 0 Å². The Morgan fingerprint density at radius 3 is 2.51 bits per heavy atom. The summed E-state index contributed by atoms with van der Waals surface area (Å²) < 4.78 is 18.4. The van der Waals surface area contributed by atoms with Crippen LogP contribution in [0.1, 0.15) is 68.3 Å². The first-order chi connectivity index (χ1) is 25.3. The molecule has 4 aromatic rings. The summed E-state index contributed by atoms with van der Waals surface area (Å²) in [6, 6.07) is 8.44. The van der Waals surface area contributed by atoms with Gasteiger partial charge in [0.2, 0.25) is 11.8 Å². The molecule has 13 nitrogen and oxygen atoms in total. The van der Waals surface area contributed by atoms with E-state index in [0.717, 1.165) is 50.8 Å². The highest BCUT2D eigenvalue weighted by Crippen LogP contribution is 2.40. The third-order valence-corrected chi connectivity index (χ3v) is 10.6. The Kier molecular flexibility index (Phi) is 11.5. The molecule has 0 saturated carbocycles. The number of benzene rings is 2. The van der Waals surface area contributed by atoms with Gasteiger partial charge in [0.15, 0.2) is 5.82 Å². The summed E-state index contributed by atoms with van der Waals surface area (Å²) in [5, 5.41) is 6.36. The van der Waals surface area contributed by atoms with Gasteiger partial charge in [0.1, 0.15) is 24.0 Å². The minimum Gasteiger partial charge on any atom is -0.489 e. The summed E-state index contributed by atoms with van der Waals surface area (Å²) >= 11 is 3.52. The number of urea groups is 1. The van der Waals surface area contributed by atoms with E-state index in [2.05, 4.69) is 50.4 Å². The Morgan fingerprint density at radius 1 is 0.981 bits per heavy atom. The fourth-order valence-corrected chi connectivity index (χ4v) is 7.15. The summed E-state index contributed by atoms with van der Waals surface area (Å²) in [7, 11) is 0. The van der Waals surface area contributed by atoms with Crippen LogP contribution in [0.5, 0.6) is 5.75 Å². The second-order valence-electron chi connectivity index (χ2n) is 14.3. The number of halogens is 1. The number of nitrogens with zero attached hydrogens (tertiary/aromatic N) is 4. The van der Waals surface area contributed by atoms with Gasteiger partial charge in [-0.2, -0.15) is 0 Å². The number of anilines is 3. The quantitative estimate of drug-likeness (QED) is 0.130. The van der Waals surface area contributed by atoms with Crippen LogP contribution >= 0.6 is 15.9 Å². The fourth-order valence-electron chi connectivity index (χ4n) is 6.81. The zero-order chi connectivity index (χ0) is 37.9. The smallest absolute Gasteiger partial charge is 0.336 e. The van der Waals surface area contributed by atoms with Gasteiger partial charge in [-0.1, -0.05) is 15.9 Å². The molecule has 1 saturated heterocycles. The Hall–Kier alpha value is -4.82. The lowest BCUT2D eigenvalue weighted by atomic mass is 9.85. The van der Waals surface area contributed by atoms with Crippen molar-refractivity contribution >= 4 is 61.9 Å². The van der Waals surface area contributed by atoms with Crippen LogP contribution < -0.4 is 25.9 Å². The summed E-state index contributed by atoms with van der Waals surface area (Å²) in [6.07, 6.45) is 6.05. The molecular formula is C39H45BrN6O7. The number of ether oxygens (including phenoxy) is 2. The number of aromatic nitrogens is 2. The number of amides is 4. The van der Waals surface area contributed by atoms with Gasteiger partial charge >= 0.3 is 11.7 Å². The molecule has 2 aliphatic heterocycles. The molecule has 53 heavy (non-hydrogen) atoms. The average Bonchev–Trinajstić information content (AvgIpc) is 3.11. The lowest BCUT2D eigenvalue weighted by molar-refractivity contribution is -0.140. The molecule has 0 unspecified atom stereocenters. The summed E-state index contributed by atoms with van der Waals surface area (Å²) in [6.45, 7) is 11.1. The Labute approximate surface area is 316 Å². The molecule has 280 valence electrons. The molecule has 1 atom stereocenters. The van der Waals surface area contributed by atoms with Gasteiger partial charge in [-0.3, -0.25) is 19.9 Å². The van der Waals surface area contributed by atoms with Gasteiger partial charge in [-0.25, -0.2) is 14.6 Å². The first kappa shape index (κ1) is 37.9. The number of hydrogen-bond acceptors (Lipinski definition) is 9. The van der Waals surface area contributed by atoms with Crippen LogP contribution in [-0.4, -0.2) is 70.7 Å². The van der Waals surface area contributed by atoms with Crippen LogP contribution in [0.15, 0.2) is 56.4 Å². The summed E-state index contributed by atoms with van der Waals surface area (Å²) in [4.78, 5) is 63.7. The molecule has 0 aliphatic carbocycles. The van der Waals surface area contributed by atoms with Crippen molar-refractivity contribution in [2.24, 2.45) is 0 Å². The van der Waals surface area contributed by atoms with Crippen LogP contribution in [0.2, 0.25) is 0 Å². The molecular weight excluding hydrogens is 744 g/mol. The number of carbonyl (C=O) groups excluding carboxylic acids is 3. The van der Waals surface area contributed by atoms with E-state index in [1.165, 1.54) is 12.3 Å². The van der Waals surface area contributed by atoms with Crippen LogP contribution in [0.3, 0.4) is 0 Å². The van der Waals surface area contributed by atoms with Crippen molar-refractivity contribution in [3.05, 3.63) is 80.0 Å². The van der Waals surface area contributed by atoms with Gasteiger partial charge in [0.25, 0.3) is 0 Å². The van der Waals surface area contributed by atoms with E-state index in [0.29, 0.717) is 68.2 Å². The normalized spacial score (nSPS) is 16.6. The third kappa shape index (κ3) is 9.05. The van der Waals surface area contributed by atoms with Gasteiger partial charge in [0, 0.05) is 46.9 Å². The van der Waals surface area contributed by atoms with Crippen molar-refractivity contribution in [3.63, 3.8) is 0 Å². The van der Waals surface area contributed by atoms with Crippen LogP contribution in [0.25, 0.3) is 11.0 Å². The second-order valence-corrected chi connectivity index (χ2v) is 15.2. The predicted molar refractivity (Wildman–Crippen MR) is 206 cm³/mol. The van der Waals surface area contributed by atoms with E-state index in [4.69, 9.17) is 13.9 Å². The minimum absolute atomic E-state index is 0.00369. The molecule has 14 heteroatoms. The maximum absolute atomic E-state index is 13.7. The zero-order valence-electron chi connectivity index (χ0n) is 30.7. The molecule has 2 aliphatic rings. The van der Waals surface area contributed by atoms with Crippen molar-refractivity contribution in [3.8, 4) is 5.75 Å². The Balaban J connectivity index is 1.01. The lowest BCUT2D eigenvalue weighted by Gasteiger charge is -2.43. The van der Waals surface area contributed by atoms with E-state index < -0.39 is 17.2 Å². The topological polar surface area (TPSA) is 156 Å². The van der Waals surface area contributed by atoms with E-state index in [-0.39, 0.29) is 24.5 Å². The molecule has 0 radical (unpaired) electrons. The summed E-state index contributed by atoms with van der Waals surface area (Å²) in [5.74, 6) is 0.759.